The van der Waals surface area contributed by atoms with Crippen molar-refractivity contribution in [2.75, 3.05) is 9.80 Å². The Morgan fingerprint density at radius 2 is 0.692 bits per heavy atom. The summed E-state index contributed by atoms with van der Waals surface area (Å²) in [5, 5.41) is 0. The quantitative estimate of drug-likeness (QED) is 0.159. The highest BCUT2D eigenvalue weighted by Gasteiger charge is 2.46. The predicted molar refractivity (Wildman–Crippen MR) is 283 cm³/mol. The minimum atomic E-state index is -0.135. The number of nitrogens with zero attached hydrogens (tertiary/aromatic N) is 2. The second-order valence-electron chi connectivity index (χ2n) is 21.0. The van der Waals surface area contributed by atoms with Crippen molar-refractivity contribution in [2.24, 2.45) is 0 Å². The molecule has 0 aromatic heterocycles. The monoisotopic (exact) mass is 844 g/mol. The van der Waals surface area contributed by atoms with Crippen molar-refractivity contribution in [3.63, 3.8) is 0 Å². The maximum Gasteiger partial charge on any atom is 0.252 e. The lowest BCUT2D eigenvalue weighted by atomic mass is 9.33. The first kappa shape index (κ1) is 42.4. The van der Waals surface area contributed by atoms with Gasteiger partial charge in [-0.05, 0) is 160 Å². The summed E-state index contributed by atoms with van der Waals surface area (Å²) >= 11 is 0. The number of hydrogen-bond acceptors (Lipinski definition) is 2. The van der Waals surface area contributed by atoms with E-state index in [1.807, 2.05) is 0 Å². The van der Waals surface area contributed by atoms with E-state index >= 15 is 0 Å². The Balaban J connectivity index is 1.44. The molecule has 2 heterocycles. The van der Waals surface area contributed by atoms with Gasteiger partial charge in [-0.2, -0.15) is 0 Å². The first-order chi connectivity index (χ1) is 31.0. The molecule has 2 nitrogen and oxygen atoms in total. The first-order valence-electron chi connectivity index (χ1n) is 23.5. The lowest BCUT2D eigenvalue weighted by molar-refractivity contribution is 0.592. The van der Waals surface area contributed by atoms with E-state index in [0.717, 1.165) is 0 Å². The third-order valence-corrected chi connectivity index (χ3v) is 14.0. The Morgan fingerprint density at radius 3 is 1.03 bits per heavy atom. The zero-order valence-electron chi connectivity index (χ0n) is 40.4. The summed E-state index contributed by atoms with van der Waals surface area (Å²) < 4.78 is 0. The molecule has 8 aromatic rings. The molecule has 0 aliphatic carbocycles. The molecule has 0 amide bonds. The fraction of sp³-hybridized carbons (Fsp3) is 0.226. The van der Waals surface area contributed by atoms with Gasteiger partial charge in [0.05, 0.1) is 11.4 Å². The van der Waals surface area contributed by atoms with Crippen LogP contribution in [-0.4, -0.2) is 6.71 Å². The SMILES string of the molecule is Cc1cc(C)c(N2c3cc(C(C)(C)C)c(-c4ccccc4)cc3B3c4cc(-c5ccccc5)c(C(C)(C)C)cc4N(c4c(C)cc(C)cc4C)c4cc(-c5ccccc5)cc2c43)c(C)c1. The molecule has 0 unspecified atom stereocenters. The maximum atomic E-state index is 2.66. The summed E-state index contributed by atoms with van der Waals surface area (Å²) in [7, 11) is 0. The average Bonchev–Trinajstić information content (AvgIpc) is 3.26. The highest BCUT2D eigenvalue weighted by Crippen LogP contribution is 2.51. The lowest BCUT2D eigenvalue weighted by Crippen LogP contribution is -2.61. The van der Waals surface area contributed by atoms with Crippen LogP contribution in [0.3, 0.4) is 0 Å². The molecule has 322 valence electrons. The van der Waals surface area contributed by atoms with Gasteiger partial charge in [0.25, 0.3) is 6.71 Å². The molecule has 0 saturated heterocycles. The van der Waals surface area contributed by atoms with Crippen molar-refractivity contribution in [1.29, 1.82) is 0 Å². The Labute approximate surface area is 388 Å². The van der Waals surface area contributed by atoms with Crippen LogP contribution in [0.25, 0.3) is 33.4 Å². The molecule has 8 aromatic carbocycles. The van der Waals surface area contributed by atoms with Crippen LogP contribution in [0.15, 0.2) is 152 Å². The Kier molecular flexibility index (Phi) is 10.1. The van der Waals surface area contributed by atoms with Gasteiger partial charge in [-0.15, -0.1) is 0 Å². The van der Waals surface area contributed by atoms with Crippen LogP contribution >= 0.6 is 0 Å². The second-order valence-corrected chi connectivity index (χ2v) is 21.0. The maximum absolute atomic E-state index is 2.66. The van der Waals surface area contributed by atoms with Crippen LogP contribution in [-0.2, 0) is 10.8 Å². The van der Waals surface area contributed by atoms with Crippen molar-refractivity contribution in [3.05, 3.63) is 196 Å². The number of aryl methyl sites for hydroxylation is 6. The lowest BCUT2D eigenvalue weighted by Gasteiger charge is -2.47. The fourth-order valence-corrected chi connectivity index (χ4v) is 11.4. The van der Waals surface area contributed by atoms with Gasteiger partial charge < -0.3 is 9.80 Å². The van der Waals surface area contributed by atoms with E-state index in [0.29, 0.717) is 0 Å². The second kappa shape index (κ2) is 15.6. The molecule has 0 radical (unpaired) electrons. The van der Waals surface area contributed by atoms with Gasteiger partial charge in [0.2, 0.25) is 0 Å². The molecule has 0 atom stereocenters. The molecule has 0 saturated carbocycles. The highest BCUT2D eigenvalue weighted by atomic mass is 15.2. The predicted octanol–water partition coefficient (Wildman–Crippen LogP) is 15.2. The molecule has 65 heavy (non-hydrogen) atoms. The molecule has 0 bridgehead atoms. The van der Waals surface area contributed by atoms with Gasteiger partial charge in [-0.25, -0.2) is 0 Å². The van der Waals surface area contributed by atoms with E-state index in [1.54, 1.807) is 0 Å². The first-order valence-corrected chi connectivity index (χ1v) is 23.5. The topological polar surface area (TPSA) is 6.48 Å². The Hall–Kier alpha value is -6.58. The summed E-state index contributed by atoms with van der Waals surface area (Å²) in [4.78, 5) is 5.32. The number of benzene rings is 8. The Bertz CT molecular complexity index is 2930. The summed E-state index contributed by atoms with van der Waals surface area (Å²) in [6, 6.07) is 58.0. The van der Waals surface area contributed by atoms with E-state index in [-0.39, 0.29) is 17.5 Å². The summed E-state index contributed by atoms with van der Waals surface area (Å²) in [6.07, 6.45) is 0. The number of rotatable bonds is 5. The third-order valence-electron chi connectivity index (χ3n) is 14.0. The molecule has 0 spiro atoms. The van der Waals surface area contributed by atoms with E-state index < -0.39 is 0 Å². The molecule has 0 N–H and O–H groups in total. The molecule has 2 aliphatic heterocycles. The van der Waals surface area contributed by atoms with E-state index in [1.165, 1.54) is 128 Å². The van der Waals surface area contributed by atoms with Gasteiger partial charge in [-0.3, -0.25) is 0 Å². The molecular formula is C62H61BN2. The van der Waals surface area contributed by atoms with Crippen molar-refractivity contribution in [1.82, 2.24) is 0 Å². The van der Waals surface area contributed by atoms with Crippen LogP contribution in [0.2, 0.25) is 0 Å². The number of anilines is 6. The molecule has 10 rings (SSSR count). The van der Waals surface area contributed by atoms with Crippen LogP contribution < -0.4 is 26.2 Å². The van der Waals surface area contributed by atoms with Gasteiger partial charge in [0.15, 0.2) is 0 Å². The minimum Gasteiger partial charge on any atom is -0.311 e. The Morgan fingerprint density at radius 1 is 0.354 bits per heavy atom. The van der Waals surface area contributed by atoms with Gasteiger partial charge in [0, 0.05) is 22.7 Å². The van der Waals surface area contributed by atoms with Crippen LogP contribution in [0.1, 0.15) is 86.1 Å². The van der Waals surface area contributed by atoms with E-state index in [2.05, 4.69) is 245 Å². The highest BCUT2D eigenvalue weighted by molar-refractivity contribution is 7.00. The molecule has 2 aliphatic rings. The van der Waals surface area contributed by atoms with Gasteiger partial charge >= 0.3 is 0 Å². The van der Waals surface area contributed by atoms with Gasteiger partial charge in [0.1, 0.15) is 0 Å². The number of fused-ring (bicyclic) bond motifs is 4. The fourth-order valence-electron chi connectivity index (χ4n) is 11.4. The van der Waals surface area contributed by atoms with Crippen molar-refractivity contribution in [3.8, 4) is 33.4 Å². The summed E-state index contributed by atoms with van der Waals surface area (Å²) in [5.41, 5.74) is 29.1. The zero-order chi connectivity index (χ0) is 45.7. The van der Waals surface area contributed by atoms with Gasteiger partial charge in [-0.1, -0.05) is 180 Å². The minimum absolute atomic E-state index is 0.0626. The standard InChI is InChI=1S/C62H61BN2/c1-38-28-40(3)59(41(4)29-38)64-54-36-50(61(7,8)9)48(45-24-18-14-19-25-45)34-52(54)63-53-35-49(46-26-20-15-21-27-46)51(62(10,11)12)37-55(53)65(60-42(5)30-39(2)31-43(60)6)57-33-47(32-56(64)58(57)63)44-22-16-13-17-23-44/h13-37H,1-12H3. The van der Waals surface area contributed by atoms with E-state index in [9.17, 15) is 0 Å². The third kappa shape index (κ3) is 7.12. The summed E-state index contributed by atoms with van der Waals surface area (Å²) in [5.74, 6) is 0. The van der Waals surface area contributed by atoms with Crippen LogP contribution in [0.5, 0.6) is 0 Å². The van der Waals surface area contributed by atoms with Crippen LogP contribution in [0, 0.1) is 41.5 Å². The van der Waals surface area contributed by atoms with Crippen LogP contribution in [0.4, 0.5) is 34.1 Å². The van der Waals surface area contributed by atoms with Crippen molar-refractivity contribution < 1.29 is 0 Å². The number of hydrogen-bond donors (Lipinski definition) is 0. The molecular weight excluding hydrogens is 784 g/mol. The smallest absolute Gasteiger partial charge is 0.252 e. The summed E-state index contributed by atoms with van der Waals surface area (Å²) in [6.45, 7) is 27.8. The van der Waals surface area contributed by atoms with E-state index in [4.69, 9.17) is 0 Å². The van der Waals surface area contributed by atoms with Crippen molar-refractivity contribution >= 4 is 57.2 Å². The zero-order valence-corrected chi connectivity index (χ0v) is 40.4. The molecule has 3 heteroatoms. The normalized spacial score (nSPS) is 13.1. The average molecular weight is 845 g/mol. The largest absolute Gasteiger partial charge is 0.311 e. The van der Waals surface area contributed by atoms with Crippen molar-refractivity contribution in [2.45, 2.75) is 93.9 Å². The molecule has 0 fully saturated rings.